The van der Waals surface area contributed by atoms with Crippen LogP contribution in [-0.4, -0.2) is 15.0 Å². The van der Waals surface area contributed by atoms with Crippen LogP contribution < -0.4 is 0 Å². The first-order chi connectivity index (χ1) is 7.38. The first-order valence-corrected chi connectivity index (χ1v) is 6.32. The summed E-state index contributed by atoms with van der Waals surface area (Å²) < 4.78 is 2.08. The van der Waals surface area contributed by atoms with Gasteiger partial charge in [-0.3, -0.25) is 0 Å². The molecule has 3 nitrogen and oxygen atoms in total. The summed E-state index contributed by atoms with van der Waals surface area (Å²) in [7, 11) is 0. The molecule has 0 fully saturated rings. The number of unbranched alkanes of at least 4 members (excludes halogenated alkanes) is 1. The number of rotatable bonds is 4. The molecule has 0 aliphatic rings. The van der Waals surface area contributed by atoms with Crippen molar-refractivity contribution >= 4 is 0 Å². The Labute approximate surface area is 99.2 Å². The molecule has 0 atom stereocenters. The lowest BCUT2D eigenvalue weighted by atomic mass is 9.89. The quantitative estimate of drug-likeness (QED) is 0.782. The van der Waals surface area contributed by atoms with Gasteiger partial charge in [-0.05, 0) is 26.7 Å². The predicted molar refractivity (Wildman–Crippen MR) is 67.7 cm³/mol. The maximum atomic E-state index is 4.37. The van der Waals surface area contributed by atoms with Crippen molar-refractivity contribution in [2.24, 2.45) is 0 Å². The lowest BCUT2D eigenvalue weighted by Crippen LogP contribution is -2.16. The van der Waals surface area contributed by atoms with Crippen LogP contribution >= 0.6 is 0 Å². The van der Waals surface area contributed by atoms with Crippen LogP contribution in [0.4, 0.5) is 0 Å². The molecule has 0 bridgehead atoms. The lowest BCUT2D eigenvalue weighted by molar-refractivity contribution is 0.488. The number of hydrogen-bond acceptors (Lipinski definition) is 2. The zero-order chi connectivity index (χ0) is 12.3. The third-order valence-corrected chi connectivity index (χ3v) is 2.76. The molecule has 1 aromatic rings. The summed E-state index contributed by atoms with van der Waals surface area (Å²) in [6, 6.07) is 0.399. The van der Waals surface area contributed by atoms with E-state index >= 15 is 0 Å². The molecule has 0 aliphatic heterocycles. The van der Waals surface area contributed by atoms with Crippen LogP contribution in [0.3, 0.4) is 0 Å². The summed E-state index contributed by atoms with van der Waals surface area (Å²) >= 11 is 0. The van der Waals surface area contributed by atoms with Crippen LogP contribution in [0.5, 0.6) is 0 Å². The topological polar surface area (TPSA) is 30.7 Å². The van der Waals surface area contributed by atoms with Gasteiger partial charge in [0, 0.05) is 11.5 Å². The molecule has 0 aromatic carbocycles. The van der Waals surface area contributed by atoms with Crippen LogP contribution in [-0.2, 0) is 11.8 Å². The maximum Gasteiger partial charge on any atom is 0.0912 e. The average Bonchev–Trinajstić information content (AvgIpc) is 2.57. The molecular weight excluding hydrogens is 198 g/mol. The minimum atomic E-state index is 0.0935. The zero-order valence-electron chi connectivity index (χ0n) is 11.5. The van der Waals surface area contributed by atoms with Crippen molar-refractivity contribution in [2.45, 2.75) is 72.3 Å². The Kier molecular flexibility index (Phi) is 4.11. The van der Waals surface area contributed by atoms with Crippen molar-refractivity contribution in [3.05, 3.63) is 11.4 Å². The van der Waals surface area contributed by atoms with Gasteiger partial charge in [-0.25, -0.2) is 4.68 Å². The lowest BCUT2D eigenvalue weighted by Gasteiger charge is -2.18. The molecule has 0 radical (unpaired) electrons. The summed E-state index contributed by atoms with van der Waals surface area (Å²) in [4.78, 5) is 0. The highest BCUT2D eigenvalue weighted by atomic mass is 15.4. The van der Waals surface area contributed by atoms with Gasteiger partial charge in [0.25, 0.3) is 0 Å². The molecular formula is C13H25N3. The summed E-state index contributed by atoms with van der Waals surface area (Å²) in [5.74, 6) is 0. The van der Waals surface area contributed by atoms with E-state index < -0.39 is 0 Å². The standard InChI is InChI=1S/C13H25N3/c1-7-8-9-11-12(13(4,5)6)14-15-16(11)10(2)3/h10H,7-9H2,1-6H3. The Morgan fingerprint density at radius 3 is 2.31 bits per heavy atom. The highest BCUT2D eigenvalue weighted by molar-refractivity contribution is 5.19. The van der Waals surface area contributed by atoms with Crippen LogP contribution in [0.2, 0.25) is 0 Å². The van der Waals surface area contributed by atoms with Crippen molar-refractivity contribution in [1.29, 1.82) is 0 Å². The largest absolute Gasteiger partial charge is 0.247 e. The summed E-state index contributed by atoms with van der Waals surface area (Å²) in [5, 5.41) is 8.68. The highest BCUT2D eigenvalue weighted by Crippen LogP contribution is 2.26. The SMILES string of the molecule is CCCCc1c(C(C)(C)C)nnn1C(C)C. The molecule has 0 N–H and O–H groups in total. The smallest absolute Gasteiger partial charge is 0.0912 e. The van der Waals surface area contributed by atoms with E-state index in [4.69, 9.17) is 0 Å². The van der Waals surface area contributed by atoms with E-state index in [1.54, 1.807) is 0 Å². The number of aromatic nitrogens is 3. The molecule has 3 heteroatoms. The first-order valence-electron chi connectivity index (χ1n) is 6.32. The second-order valence-corrected chi connectivity index (χ2v) is 5.78. The van der Waals surface area contributed by atoms with E-state index in [1.165, 1.54) is 18.5 Å². The molecule has 0 spiro atoms. The van der Waals surface area contributed by atoms with Gasteiger partial charge >= 0.3 is 0 Å². The van der Waals surface area contributed by atoms with Gasteiger partial charge in [-0.15, -0.1) is 5.10 Å². The summed E-state index contributed by atoms with van der Waals surface area (Å²) in [5.41, 5.74) is 2.58. The van der Waals surface area contributed by atoms with Gasteiger partial charge < -0.3 is 0 Å². The zero-order valence-corrected chi connectivity index (χ0v) is 11.5. The third-order valence-electron chi connectivity index (χ3n) is 2.76. The van der Waals surface area contributed by atoms with Crippen molar-refractivity contribution < 1.29 is 0 Å². The second kappa shape index (κ2) is 4.98. The van der Waals surface area contributed by atoms with Gasteiger partial charge in [0.2, 0.25) is 0 Å². The van der Waals surface area contributed by atoms with Gasteiger partial charge in [0.15, 0.2) is 0 Å². The van der Waals surface area contributed by atoms with Gasteiger partial charge in [-0.2, -0.15) is 0 Å². The van der Waals surface area contributed by atoms with Gasteiger partial charge in [-0.1, -0.05) is 39.3 Å². The van der Waals surface area contributed by atoms with Crippen molar-refractivity contribution in [2.75, 3.05) is 0 Å². The molecule has 92 valence electrons. The van der Waals surface area contributed by atoms with Crippen molar-refractivity contribution in [1.82, 2.24) is 15.0 Å². The van der Waals surface area contributed by atoms with Crippen LogP contribution in [0, 0.1) is 0 Å². The molecule has 1 rings (SSSR count). The van der Waals surface area contributed by atoms with E-state index in [-0.39, 0.29) is 5.41 Å². The van der Waals surface area contributed by atoms with E-state index in [0.717, 1.165) is 12.1 Å². The Balaban J connectivity index is 3.09. The van der Waals surface area contributed by atoms with Gasteiger partial charge in [0.05, 0.1) is 11.4 Å². The normalized spacial score (nSPS) is 12.4. The minimum Gasteiger partial charge on any atom is -0.247 e. The summed E-state index contributed by atoms with van der Waals surface area (Å²) in [6.07, 6.45) is 3.52. The van der Waals surface area contributed by atoms with Crippen LogP contribution in [0.25, 0.3) is 0 Å². The van der Waals surface area contributed by atoms with Crippen molar-refractivity contribution in [3.63, 3.8) is 0 Å². The number of hydrogen-bond donors (Lipinski definition) is 0. The Hall–Kier alpha value is -0.860. The Morgan fingerprint density at radius 2 is 1.88 bits per heavy atom. The van der Waals surface area contributed by atoms with Crippen molar-refractivity contribution in [3.8, 4) is 0 Å². The Bertz CT molecular complexity index is 331. The molecule has 1 aromatic heterocycles. The molecule has 0 saturated heterocycles. The minimum absolute atomic E-state index is 0.0935. The average molecular weight is 223 g/mol. The van der Waals surface area contributed by atoms with Crippen LogP contribution in [0.15, 0.2) is 0 Å². The van der Waals surface area contributed by atoms with E-state index in [9.17, 15) is 0 Å². The fraction of sp³-hybridized carbons (Fsp3) is 0.846. The second-order valence-electron chi connectivity index (χ2n) is 5.78. The maximum absolute atomic E-state index is 4.37. The van der Waals surface area contributed by atoms with Gasteiger partial charge in [0.1, 0.15) is 0 Å². The van der Waals surface area contributed by atoms with E-state index in [1.807, 2.05) is 0 Å². The first kappa shape index (κ1) is 13.2. The van der Waals surface area contributed by atoms with E-state index in [2.05, 4.69) is 56.5 Å². The fourth-order valence-corrected chi connectivity index (χ4v) is 1.89. The monoisotopic (exact) mass is 223 g/mol. The fourth-order valence-electron chi connectivity index (χ4n) is 1.89. The third kappa shape index (κ3) is 2.83. The molecule has 0 saturated carbocycles. The predicted octanol–water partition coefficient (Wildman–Crippen LogP) is 3.50. The highest BCUT2D eigenvalue weighted by Gasteiger charge is 2.24. The summed E-state index contributed by atoms with van der Waals surface area (Å²) in [6.45, 7) is 13.2. The van der Waals surface area contributed by atoms with E-state index in [0.29, 0.717) is 6.04 Å². The van der Waals surface area contributed by atoms with Crippen LogP contribution in [0.1, 0.15) is 71.8 Å². The number of nitrogens with zero attached hydrogens (tertiary/aromatic N) is 3. The molecule has 0 amide bonds. The molecule has 0 unspecified atom stereocenters. The molecule has 0 aliphatic carbocycles. The molecule has 16 heavy (non-hydrogen) atoms. The molecule has 1 heterocycles. The Morgan fingerprint density at radius 1 is 1.25 bits per heavy atom.